The molecule has 1 aromatic rings. The van der Waals surface area contributed by atoms with Crippen LogP contribution in [0.3, 0.4) is 0 Å². The number of likely N-dealkylation sites (N-methyl/N-ethyl adjacent to an activating group) is 1. The Bertz CT molecular complexity index is 420. The summed E-state index contributed by atoms with van der Waals surface area (Å²) in [5.41, 5.74) is 0.658. The predicted octanol–water partition coefficient (Wildman–Crippen LogP) is 1.97. The van der Waals surface area contributed by atoms with Crippen LogP contribution in [0.4, 0.5) is 0 Å². The number of ether oxygens (including phenoxy) is 2. The maximum absolute atomic E-state index is 12.0. The van der Waals surface area contributed by atoms with Crippen LogP contribution in [0.2, 0.25) is 0 Å². The topological polar surface area (TPSA) is 38.8 Å². The summed E-state index contributed by atoms with van der Waals surface area (Å²) in [5, 5.41) is 0. The zero-order chi connectivity index (χ0) is 11.7. The van der Waals surface area contributed by atoms with E-state index in [1.54, 1.807) is 18.2 Å². The van der Waals surface area contributed by atoms with Crippen LogP contribution in [0.15, 0.2) is 18.2 Å². The highest BCUT2D eigenvalue weighted by atomic mass is 35.5. The Morgan fingerprint density at radius 3 is 2.59 bits per heavy atom. The third-order valence-corrected chi connectivity index (χ3v) is 2.81. The molecule has 0 unspecified atom stereocenters. The van der Waals surface area contributed by atoms with Gasteiger partial charge in [-0.05, 0) is 39.2 Å². The minimum atomic E-state index is -0.139. The molecule has 1 atom stereocenters. The van der Waals surface area contributed by atoms with E-state index in [9.17, 15) is 4.79 Å². The van der Waals surface area contributed by atoms with Crippen LogP contribution in [0.5, 0.6) is 11.5 Å². The minimum absolute atomic E-state index is 0. The van der Waals surface area contributed by atoms with Crippen molar-refractivity contribution in [2.24, 2.45) is 0 Å². The highest BCUT2D eigenvalue weighted by Crippen LogP contribution is 2.32. The Morgan fingerprint density at radius 2 is 1.94 bits per heavy atom. The summed E-state index contributed by atoms with van der Waals surface area (Å²) in [5.74, 6) is 1.44. The van der Waals surface area contributed by atoms with E-state index in [1.807, 2.05) is 25.9 Å². The maximum atomic E-state index is 12.0. The number of rotatable bonds is 3. The summed E-state index contributed by atoms with van der Waals surface area (Å²) in [6, 6.07) is 5.15. The number of halogens is 1. The lowest BCUT2D eigenvalue weighted by molar-refractivity contribution is 0.0890. The number of hydrogen-bond acceptors (Lipinski definition) is 4. The molecule has 0 fully saturated rings. The zero-order valence-corrected chi connectivity index (χ0v) is 10.9. The molecule has 0 amide bonds. The first-order valence-corrected chi connectivity index (χ1v) is 5.20. The first-order valence-electron chi connectivity index (χ1n) is 5.20. The fourth-order valence-electron chi connectivity index (χ4n) is 1.53. The first-order chi connectivity index (χ1) is 7.59. The predicted molar refractivity (Wildman–Crippen MR) is 67.3 cm³/mol. The van der Waals surface area contributed by atoms with E-state index in [4.69, 9.17) is 9.47 Å². The van der Waals surface area contributed by atoms with Gasteiger partial charge in [0.05, 0.1) is 6.04 Å². The zero-order valence-electron chi connectivity index (χ0n) is 10.1. The lowest BCUT2D eigenvalue weighted by atomic mass is 10.0. The Balaban J connectivity index is 0.00000144. The fourth-order valence-corrected chi connectivity index (χ4v) is 1.53. The molecule has 0 N–H and O–H groups in total. The van der Waals surface area contributed by atoms with Crippen molar-refractivity contribution in [3.05, 3.63) is 23.8 Å². The second kappa shape index (κ2) is 5.38. The number of carbonyl (C=O) groups excluding carboxylic acids is 1. The van der Waals surface area contributed by atoms with Gasteiger partial charge in [0.15, 0.2) is 17.3 Å². The molecule has 5 heteroatoms. The number of nitrogens with zero attached hydrogens (tertiary/aromatic N) is 1. The van der Waals surface area contributed by atoms with Crippen LogP contribution in [-0.2, 0) is 0 Å². The fraction of sp³-hybridized carbons (Fsp3) is 0.417. The number of carbonyl (C=O) groups is 1. The van der Waals surface area contributed by atoms with E-state index >= 15 is 0 Å². The van der Waals surface area contributed by atoms with Crippen molar-refractivity contribution in [2.45, 2.75) is 13.0 Å². The van der Waals surface area contributed by atoms with Crippen molar-refractivity contribution in [1.29, 1.82) is 0 Å². The molecule has 1 aliphatic rings. The molecule has 0 spiro atoms. The van der Waals surface area contributed by atoms with Gasteiger partial charge in [0, 0.05) is 5.56 Å². The summed E-state index contributed by atoms with van der Waals surface area (Å²) in [6.45, 7) is 2.11. The highest BCUT2D eigenvalue weighted by molar-refractivity contribution is 6.00. The van der Waals surface area contributed by atoms with Crippen LogP contribution in [0.25, 0.3) is 0 Å². The van der Waals surface area contributed by atoms with E-state index in [1.165, 1.54) is 0 Å². The molecule has 2 rings (SSSR count). The van der Waals surface area contributed by atoms with Crippen LogP contribution < -0.4 is 9.47 Å². The molecule has 0 saturated carbocycles. The van der Waals surface area contributed by atoms with E-state index in [-0.39, 0.29) is 31.0 Å². The molecule has 0 bridgehead atoms. The van der Waals surface area contributed by atoms with Crippen molar-refractivity contribution in [3.63, 3.8) is 0 Å². The highest BCUT2D eigenvalue weighted by Gasteiger charge is 2.20. The van der Waals surface area contributed by atoms with Gasteiger partial charge in [-0.2, -0.15) is 0 Å². The lowest BCUT2D eigenvalue weighted by Crippen LogP contribution is -2.32. The Kier molecular flexibility index (Phi) is 4.37. The van der Waals surface area contributed by atoms with Gasteiger partial charge in [-0.1, -0.05) is 0 Å². The average Bonchev–Trinajstić information content (AvgIpc) is 2.73. The van der Waals surface area contributed by atoms with E-state index in [2.05, 4.69) is 0 Å². The van der Waals surface area contributed by atoms with Crippen molar-refractivity contribution in [3.8, 4) is 11.5 Å². The quantitative estimate of drug-likeness (QED) is 0.776. The molecule has 0 aliphatic carbocycles. The van der Waals surface area contributed by atoms with Gasteiger partial charge in [0.1, 0.15) is 0 Å². The maximum Gasteiger partial charge on any atom is 0.231 e. The minimum Gasteiger partial charge on any atom is -0.454 e. The van der Waals surface area contributed by atoms with E-state index < -0.39 is 0 Å². The first kappa shape index (κ1) is 13.8. The van der Waals surface area contributed by atoms with Crippen LogP contribution >= 0.6 is 12.4 Å². The van der Waals surface area contributed by atoms with Gasteiger partial charge in [0.2, 0.25) is 6.79 Å². The molecule has 1 aliphatic heterocycles. The van der Waals surface area contributed by atoms with Gasteiger partial charge in [-0.25, -0.2) is 0 Å². The lowest BCUT2D eigenvalue weighted by Gasteiger charge is -2.18. The van der Waals surface area contributed by atoms with Crippen LogP contribution in [-0.4, -0.2) is 37.6 Å². The Labute approximate surface area is 107 Å². The molecule has 94 valence electrons. The molecule has 17 heavy (non-hydrogen) atoms. The normalized spacial score (nSPS) is 14.4. The van der Waals surface area contributed by atoms with Gasteiger partial charge in [0.25, 0.3) is 0 Å². The summed E-state index contributed by atoms with van der Waals surface area (Å²) in [6.07, 6.45) is 0. The molecule has 0 aromatic heterocycles. The summed E-state index contributed by atoms with van der Waals surface area (Å²) < 4.78 is 10.4. The largest absolute Gasteiger partial charge is 0.454 e. The Morgan fingerprint density at radius 1 is 1.29 bits per heavy atom. The Hall–Kier alpha value is -1.26. The summed E-state index contributed by atoms with van der Waals surface area (Å²) >= 11 is 0. The molecule has 4 nitrogen and oxygen atoms in total. The molecule has 1 heterocycles. The number of Topliss-reactive ketones (excluding diaryl/α,β-unsaturated/α-hetero) is 1. The number of ketones is 1. The SMILES string of the molecule is C[C@@H](C(=O)c1ccc2c(c1)OCO2)N(C)C.Cl. The van der Waals surface area contributed by atoms with Gasteiger partial charge in [-0.3, -0.25) is 9.69 Å². The summed E-state index contributed by atoms with van der Waals surface area (Å²) in [4.78, 5) is 13.9. The van der Waals surface area contributed by atoms with Crippen LogP contribution in [0, 0.1) is 0 Å². The third-order valence-electron chi connectivity index (χ3n) is 2.81. The van der Waals surface area contributed by atoms with Crippen molar-refractivity contribution >= 4 is 18.2 Å². The third kappa shape index (κ3) is 2.70. The second-order valence-electron chi connectivity index (χ2n) is 4.07. The smallest absolute Gasteiger partial charge is 0.231 e. The molecule has 1 aromatic carbocycles. The number of fused-ring (bicyclic) bond motifs is 1. The molecule has 0 radical (unpaired) electrons. The summed E-state index contributed by atoms with van der Waals surface area (Å²) in [7, 11) is 3.77. The van der Waals surface area contributed by atoms with Crippen molar-refractivity contribution < 1.29 is 14.3 Å². The van der Waals surface area contributed by atoms with Crippen LogP contribution in [0.1, 0.15) is 17.3 Å². The van der Waals surface area contributed by atoms with Crippen molar-refractivity contribution in [2.75, 3.05) is 20.9 Å². The number of benzene rings is 1. The second-order valence-corrected chi connectivity index (χ2v) is 4.07. The molecular weight excluding hydrogens is 242 g/mol. The monoisotopic (exact) mass is 257 g/mol. The molecule has 0 saturated heterocycles. The van der Waals surface area contributed by atoms with Gasteiger partial charge in [-0.15, -0.1) is 12.4 Å². The van der Waals surface area contributed by atoms with Crippen molar-refractivity contribution in [1.82, 2.24) is 4.90 Å². The number of hydrogen-bond donors (Lipinski definition) is 0. The molecular formula is C12H16ClNO3. The average molecular weight is 258 g/mol. The standard InChI is InChI=1S/C12H15NO3.ClH/c1-8(13(2)3)12(14)9-4-5-10-11(6-9)16-7-15-10;/h4-6,8H,7H2,1-3H3;1H/t8-;/m0./s1. The van der Waals surface area contributed by atoms with Gasteiger partial charge < -0.3 is 9.47 Å². The van der Waals surface area contributed by atoms with E-state index in [0.717, 1.165) is 0 Å². The van der Waals surface area contributed by atoms with Gasteiger partial charge >= 0.3 is 0 Å². The van der Waals surface area contributed by atoms with E-state index in [0.29, 0.717) is 17.1 Å².